The second-order valence-electron chi connectivity index (χ2n) is 4.35. The highest BCUT2D eigenvalue weighted by atomic mass is 35.5. The van der Waals surface area contributed by atoms with E-state index in [4.69, 9.17) is 5.73 Å². The Morgan fingerprint density at radius 1 is 1.17 bits per heavy atom. The number of benzene rings is 1. The van der Waals surface area contributed by atoms with Gasteiger partial charge >= 0.3 is 6.36 Å². The van der Waals surface area contributed by atoms with Gasteiger partial charge in [0.1, 0.15) is 5.75 Å². The van der Waals surface area contributed by atoms with Crippen LogP contribution in [0.2, 0.25) is 0 Å². The Kier molecular flexibility index (Phi) is 6.49. The maximum absolute atomic E-state index is 11.9. The number of nitrogens with two attached hydrogens (primary N) is 1. The first kappa shape index (κ1) is 17.1. The molecule has 0 amide bonds. The second kappa shape index (κ2) is 6.85. The van der Waals surface area contributed by atoms with E-state index >= 15 is 0 Å². The normalized spacial score (nSPS) is 13.1. The van der Waals surface area contributed by atoms with E-state index in [1.54, 1.807) is 12.1 Å². The summed E-state index contributed by atoms with van der Waals surface area (Å²) in [6.45, 7) is 4.09. The van der Waals surface area contributed by atoms with Crippen LogP contribution in [0.4, 0.5) is 13.2 Å². The average Bonchev–Trinajstić information content (AvgIpc) is 2.15. The zero-order valence-electron chi connectivity index (χ0n) is 10.2. The minimum absolute atomic E-state index is 0. The maximum Gasteiger partial charge on any atom is 0.573 e. The van der Waals surface area contributed by atoms with Crippen molar-refractivity contribution in [1.29, 1.82) is 0 Å². The van der Waals surface area contributed by atoms with E-state index < -0.39 is 6.36 Å². The molecule has 0 saturated carbocycles. The molecule has 1 rings (SSSR count). The van der Waals surface area contributed by atoms with Crippen LogP contribution in [0.1, 0.15) is 31.9 Å². The molecule has 0 bridgehead atoms. The molecule has 18 heavy (non-hydrogen) atoms. The van der Waals surface area contributed by atoms with E-state index in [2.05, 4.69) is 4.74 Å². The molecule has 0 aliphatic carbocycles. The molecule has 2 nitrogen and oxygen atoms in total. The molecule has 1 aromatic rings. The van der Waals surface area contributed by atoms with Gasteiger partial charge in [-0.2, -0.15) is 0 Å². The van der Waals surface area contributed by atoms with Crippen LogP contribution in [0.25, 0.3) is 0 Å². The van der Waals surface area contributed by atoms with E-state index in [9.17, 15) is 13.2 Å². The van der Waals surface area contributed by atoms with E-state index in [0.29, 0.717) is 5.92 Å². The number of alkyl halides is 3. The van der Waals surface area contributed by atoms with Gasteiger partial charge in [0.25, 0.3) is 0 Å². The van der Waals surface area contributed by atoms with Crippen LogP contribution in [-0.4, -0.2) is 6.36 Å². The third-order valence-electron chi connectivity index (χ3n) is 2.27. The van der Waals surface area contributed by atoms with Crippen molar-refractivity contribution in [3.8, 4) is 5.75 Å². The molecule has 0 aliphatic heterocycles. The second-order valence-corrected chi connectivity index (χ2v) is 4.35. The largest absolute Gasteiger partial charge is 0.573 e. The van der Waals surface area contributed by atoms with Gasteiger partial charge in [0, 0.05) is 6.04 Å². The van der Waals surface area contributed by atoms with E-state index in [-0.39, 0.29) is 24.2 Å². The van der Waals surface area contributed by atoms with E-state index in [1.807, 2.05) is 13.8 Å². The highest BCUT2D eigenvalue weighted by molar-refractivity contribution is 5.85. The van der Waals surface area contributed by atoms with Gasteiger partial charge in [-0.05, 0) is 30.0 Å². The lowest BCUT2D eigenvalue weighted by Crippen LogP contribution is -2.17. The summed E-state index contributed by atoms with van der Waals surface area (Å²) >= 11 is 0. The molecule has 6 heteroatoms. The van der Waals surface area contributed by atoms with Gasteiger partial charge in [-0.15, -0.1) is 25.6 Å². The highest BCUT2D eigenvalue weighted by Crippen LogP contribution is 2.25. The van der Waals surface area contributed by atoms with Crippen molar-refractivity contribution >= 4 is 12.4 Å². The smallest absolute Gasteiger partial charge is 0.406 e. The van der Waals surface area contributed by atoms with Crippen molar-refractivity contribution in [2.45, 2.75) is 32.7 Å². The fourth-order valence-electron chi connectivity index (χ4n) is 1.56. The summed E-state index contributed by atoms with van der Waals surface area (Å²) in [4.78, 5) is 0. The molecule has 0 heterocycles. The van der Waals surface area contributed by atoms with Gasteiger partial charge in [0.15, 0.2) is 0 Å². The fourth-order valence-corrected chi connectivity index (χ4v) is 1.56. The van der Waals surface area contributed by atoms with Crippen molar-refractivity contribution in [1.82, 2.24) is 0 Å². The number of rotatable bonds is 4. The molecule has 0 fully saturated rings. The summed E-state index contributed by atoms with van der Waals surface area (Å²) in [5.41, 5.74) is 6.72. The Morgan fingerprint density at radius 3 is 2.06 bits per heavy atom. The Balaban J connectivity index is 0.00000289. The summed E-state index contributed by atoms with van der Waals surface area (Å²) in [5, 5.41) is 0. The molecule has 1 aromatic carbocycles. The van der Waals surface area contributed by atoms with E-state index in [1.165, 1.54) is 12.1 Å². The molecule has 0 unspecified atom stereocenters. The lowest BCUT2D eigenvalue weighted by Gasteiger charge is -2.15. The molecule has 1 atom stereocenters. The quantitative estimate of drug-likeness (QED) is 0.904. The van der Waals surface area contributed by atoms with Crippen molar-refractivity contribution in [2.24, 2.45) is 11.7 Å². The molecule has 0 spiro atoms. The molecule has 0 radical (unpaired) electrons. The van der Waals surface area contributed by atoms with Crippen molar-refractivity contribution in [3.63, 3.8) is 0 Å². The Morgan fingerprint density at radius 2 is 1.67 bits per heavy atom. The van der Waals surface area contributed by atoms with Crippen molar-refractivity contribution < 1.29 is 17.9 Å². The van der Waals surface area contributed by atoms with Crippen LogP contribution in [0, 0.1) is 5.92 Å². The Labute approximate surface area is 111 Å². The predicted molar refractivity (Wildman–Crippen MR) is 66.8 cm³/mol. The van der Waals surface area contributed by atoms with Crippen LogP contribution in [-0.2, 0) is 0 Å². The van der Waals surface area contributed by atoms with E-state index in [0.717, 1.165) is 12.0 Å². The van der Waals surface area contributed by atoms with Crippen molar-refractivity contribution in [2.75, 3.05) is 0 Å². The van der Waals surface area contributed by atoms with Gasteiger partial charge in [-0.1, -0.05) is 26.0 Å². The SMILES string of the molecule is CC(C)C[C@H](N)c1ccc(OC(F)(F)F)cc1.Cl. The number of hydrogen-bond donors (Lipinski definition) is 1. The fraction of sp³-hybridized carbons (Fsp3) is 0.500. The molecular formula is C12H17ClF3NO. The monoisotopic (exact) mass is 283 g/mol. The average molecular weight is 284 g/mol. The zero-order chi connectivity index (χ0) is 13.1. The standard InChI is InChI=1S/C12H16F3NO.ClH/c1-8(2)7-11(16)9-3-5-10(6-4-9)17-12(13,14)15;/h3-6,8,11H,7,16H2,1-2H3;1H/t11-;/m0./s1. The molecule has 0 aliphatic rings. The van der Waals surface area contributed by atoms with Gasteiger partial charge in [-0.25, -0.2) is 0 Å². The first-order chi connectivity index (χ1) is 7.78. The van der Waals surface area contributed by atoms with Gasteiger partial charge < -0.3 is 10.5 Å². The minimum Gasteiger partial charge on any atom is -0.406 e. The number of hydrogen-bond acceptors (Lipinski definition) is 2. The Hall–Kier alpha value is -0.940. The Bertz CT molecular complexity index is 351. The summed E-state index contributed by atoms with van der Waals surface area (Å²) in [7, 11) is 0. The molecule has 0 aromatic heterocycles. The van der Waals surface area contributed by atoms with Crippen LogP contribution in [0.15, 0.2) is 24.3 Å². The summed E-state index contributed by atoms with van der Waals surface area (Å²) < 4.78 is 39.6. The topological polar surface area (TPSA) is 35.2 Å². The summed E-state index contributed by atoms with van der Waals surface area (Å²) in [5.74, 6) is 0.217. The highest BCUT2D eigenvalue weighted by Gasteiger charge is 2.30. The van der Waals surface area contributed by atoms with Crippen LogP contribution in [0.5, 0.6) is 5.75 Å². The maximum atomic E-state index is 11.9. The lowest BCUT2D eigenvalue weighted by molar-refractivity contribution is -0.274. The van der Waals surface area contributed by atoms with Crippen LogP contribution < -0.4 is 10.5 Å². The molecule has 104 valence electrons. The first-order valence-corrected chi connectivity index (χ1v) is 5.39. The van der Waals surface area contributed by atoms with Crippen LogP contribution in [0.3, 0.4) is 0 Å². The zero-order valence-corrected chi connectivity index (χ0v) is 11.0. The third-order valence-corrected chi connectivity index (χ3v) is 2.27. The van der Waals surface area contributed by atoms with Crippen molar-refractivity contribution in [3.05, 3.63) is 29.8 Å². The number of halogens is 4. The predicted octanol–water partition coefficient (Wildman–Crippen LogP) is 4.05. The molecular weight excluding hydrogens is 267 g/mol. The lowest BCUT2D eigenvalue weighted by atomic mass is 9.98. The summed E-state index contributed by atoms with van der Waals surface area (Å²) in [6, 6.07) is 5.53. The minimum atomic E-state index is -4.65. The summed E-state index contributed by atoms with van der Waals surface area (Å²) in [6.07, 6.45) is -3.86. The van der Waals surface area contributed by atoms with Crippen LogP contribution >= 0.6 is 12.4 Å². The molecule has 0 saturated heterocycles. The van der Waals surface area contributed by atoms with Gasteiger partial charge in [0.2, 0.25) is 0 Å². The number of ether oxygens (including phenoxy) is 1. The van der Waals surface area contributed by atoms with Gasteiger partial charge in [-0.3, -0.25) is 0 Å². The third kappa shape index (κ3) is 6.12. The molecule has 2 N–H and O–H groups in total. The first-order valence-electron chi connectivity index (χ1n) is 5.39. The van der Waals surface area contributed by atoms with Gasteiger partial charge in [0.05, 0.1) is 0 Å².